The Labute approximate surface area is 151 Å². The van der Waals surface area contributed by atoms with E-state index in [0.29, 0.717) is 24.1 Å². The third-order valence-electron chi connectivity index (χ3n) is 3.67. The van der Waals surface area contributed by atoms with E-state index in [4.69, 9.17) is 5.73 Å². The van der Waals surface area contributed by atoms with Gasteiger partial charge in [0, 0.05) is 33.4 Å². The van der Waals surface area contributed by atoms with Crippen molar-refractivity contribution in [2.24, 2.45) is 11.3 Å². The van der Waals surface area contributed by atoms with Gasteiger partial charge in [0.2, 0.25) is 12.3 Å². The second-order valence-electron chi connectivity index (χ2n) is 6.41. The first-order chi connectivity index (χ1) is 10.2. The Morgan fingerprint density at radius 2 is 1.74 bits per heavy atom. The summed E-state index contributed by atoms with van der Waals surface area (Å²) in [5.41, 5.74) is 7.88. The van der Waals surface area contributed by atoms with Crippen molar-refractivity contribution in [2.75, 3.05) is 4.90 Å². The van der Waals surface area contributed by atoms with Gasteiger partial charge >= 0.3 is 0 Å². The average Bonchev–Trinajstić information content (AvgIpc) is 2.40. The van der Waals surface area contributed by atoms with Crippen LogP contribution in [0.5, 0.6) is 0 Å². The van der Waals surface area contributed by atoms with Crippen molar-refractivity contribution in [3.8, 4) is 0 Å². The third-order valence-corrected chi connectivity index (χ3v) is 3.67. The summed E-state index contributed by atoms with van der Waals surface area (Å²) < 4.78 is 0. The second-order valence-corrected chi connectivity index (χ2v) is 6.41. The van der Waals surface area contributed by atoms with Crippen LogP contribution in [-0.4, -0.2) is 18.2 Å². The van der Waals surface area contributed by atoms with Gasteiger partial charge in [0.15, 0.2) is 0 Å². The normalized spacial score (nSPS) is 12.0. The number of carbonyl (C=O) groups is 3. The van der Waals surface area contributed by atoms with E-state index in [1.54, 1.807) is 24.3 Å². The molecule has 1 atom stereocenters. The number of nitrogens with one attached hydrogen (secondary N) is 1. The first-order valence-corrected chi connectivity index (χ1v) is 7.32. The van der Waals surface area contributed by atoms with Gasteiger partial charge in [-0.05, 0) is 29.5 Å². The number of imide groups is 1. The molecule has 1 rings (SSSR count). The summed E-state index contributed by atoms with van der Waals surface area (Å²) in [6.07, 6.45) is 1.20. The van der Waals surface area contributed by atoms with Crippen molar-refractivity contribution in [3.05, 3.63) is 35.6 Å². The van der Waals surface area contributed by atoms with Gasteiger partial charge in [0.1, 0.15) is 0 Å². The van der Waals surface area contributed by atoms with E-state index in [9.17, 15) is 14.4 Å². The second kappa shape index (κ2) is 8.97. The van der Waals surface area contributed by atoms with Crippen LogP contribution in [0.1, 0.15) is 39.7 Å². The molecule has 0 aliphatic carbocycles. The van der Waals surface area contributed by atoms with Gasteiger partial charge in [-0.1, -0.05) is 39.8 Å². The zero-order valence-electron chi connectivity index (χ0n) is 14.0. The van der Waals surface area contributed by atoms with Crippen LogP contribution >= 0.6 is 0 Å². The fourth-order valence-electron chi connectivity index (χ4n) is 2.53. The summed E-state index contributed by atoms with van der Waals surface area (Å²) >= 11 is 0. The molecular weight excluding hydrogens is 464 g/mol. The molecule has 1 aromatic carbocycles. The first kappa shape index (κ1) is 21.5. The van der Waals surface area contributed by atoms with Crippen LogP contribution in [0.15, 0.2) is 24.3 Å². The van der Waals surface area contributed by atoms with Crippen molar-refractivity contribution in [3.63, 3.8) is 0 Å². The fraction of sp³-hybridized carbons (Fsp3) is 0.471. The van der Waals surface area contributed by atoms with Crippen molar-refractivity contribution < 1.29 is 35.4 Å². The maximum absolute atomic E-state index is 12.6. The minimum absolute atomic E-state index is 0. The molecule has 0 fully saturated rings. The predicted molar refractivity (Wildman–Crippen MR) is 86.3 cm³/mol. The molecule has 3 amide bonds. The van der Waals surface area contributed by atoms with E-state index in [-0.39, 0.29) is 44.7 Å². The molecule has 1 N–H and O–H groups in total. The average molecular weight is 487 g/mol. The van der Waals surface area contributed by atoms with Gasteiger partial charge in [0.05, 0.1) is 11.6 Å². The van der Waals surface area contributed by atoms with Crippen LogP contribution in [0.4, 0.5) is 5.69 Å². The summed E-state index contributed by atoms with van der Waals surface area (Å²) in [5, 5.41) is 0. The molecule has 0 saturated carbocycles. The first-order valence-electron chi connectivity index (χ1n) is 7.32. The van der Waals surface area contributed by atoms with E-state index in [2.05, 4.69) is 0 Å². The SMILES string of the molecule is CCC(C(=O)N(C=O)c1ccc(CC([NH-])=O)cc1)C(C)(C)C.[W]. The molecule has 0 saturated heterocycles. The zero-order chi connectivity index (χ0) is 16.9. The van der Waals surface area contributed by atoms with E-state index in [0.717, 1.165) is 4.90 Å². The Balaban J connectivity index is 0.00000484. The smallest absolute Gasteiger partial charge is 0.237 e. The molecule has 0 spiro atoms. The van der Waals surface area contributed by atoms with Crippen LogP contribution in [0.2, 0.25) is 0 Å². The summed E-state index contributed by atoms with van der Waals surface area (Å²) in [4.78, 5) is 35.9. The van der Waals surface area contributed by atoms with E-state index in [1.807, 2.05) is 27.7 Å². The molecule has 6 heteroatoms. The molecule has 5 nitrogen and oxygen atoms in total. The van der Waals surface area contributed by atoms with Crippen molar-refractivity contribution in [1.29, 1.82) is 0 Å². The summed E-state index contributed by atoms with van der Waals surface area (Å²) in [7, 11) is 0. The maximum atomic E-state index is 12.6. The molecule has 0 bridgehead atoms. The topological polar surface area (TPSA) is 78.2 Å². The van der Waals surface area contributed by atoms with E-state index >= 15 is 0 Å². The number of hydrogen-bond acceptors (Lipinski definition) is 3. The van der Waals surface area contributed by atoms with Crippen LogP contribution in [-0.2, 0) is 41.9 Å². The number of benzene rings is 1. The monoisotopic (exact) mass is 487 g/mol. The van der Waals surface area contributed by atoms with Crippen LogP contribution < -0.4 is 4.90 Å². The predicted octanol–water partition coefficient (Wildman–Crippen LogP) is 3.37. The molecule has 0 radical (unpaired) electrons. The van der Waals surface area contributed by atoms with Crippen LogP contribution in [0.25, 0.3) is 5.73 Å². The van der Waals surface area contributed by atoms with Gasteiger partial charge in [-0.2, -0.15) is 0 Å². The number of hydrogen-bond donors (Lipinski definition) is 0. The van der Waals surface area contributed by atoms with Gasteiger partial charge in [-0.15, -0.1) is 0 Å². The summed E-state index contributed by atoms with van der Waals surface area (Å²) in [6, 6.07) is 6.56. The van der Waals surface area contributed by atoms with Crippen molar-refractivity contribution in [2.45, 2.75) is 40.5 Å². The molecule has 23 heavy (non-hydrogen) atoms. The molecule has 1 aromatic rings. The van der Waals surface area contributed by atoms with Crippen molar-refractivity contribution >= 4 is 23.9 Å². The quantitative estimate of drug-likeness (QED) is 0.578. The fourth-order valence-corrected chi connectivity index (χ4v) is 2.53. The Morgan fingerprint density at radius 3 is 2.09 bits per heavy atom. The van der Waals surface area contributed by atoms with Gasteiger partial charge < -0.3 is 10.5 Å². The Morgan fingerprint density at radius 1 is 1.22 bits per heavy atom. The Hall–Kier alpha value is -1.48. The molecule has 0 aliphatic rings. The van der Waals surface area contributed by atoms with E-state index < -0.39 is 5.91 Å². The summed E-state index contributed by atoms with van der Waals surface area (Å²) in [6.45, 7) is 7.86. The minimum Gasteiger partial charge on any atom is -0.667 e. The minimum atomic E-state index is -0.671. The molecular formula is C17H23N2O3W-. The Bertz CT molecular complexity index is 550. The molecule has 0 aromatic heterocycles. The molecule has 0 heterocycles. The van der Waals surface area contributed by atoms with Gasteiger partial charge in [0.25, 0.3) is 0 Å². The number of rotatable bonds is 6. The number of anilines is 1. The molecule has 1 unspecified atom stereocenters. The van der Waals surface area contributed by atoms with Crippen LogP contribution in [0.3, 0.4) is 0 Å². The van der Waals surface area contributed by atoms with Gasteiger partial charge in [-0.25, -0.2) is 0 Å². The molecule has 126 valence electrons. The zero-order valence-corrected chi connectivity index (χ0v) is 16.9. The third kappa shape index (κ3) is 5.91. The van der Waals surface area contributed by atoms with Crippen molar-refractivity contribution in [1.82, 2.24) is 0 Å². The van der Waals surface area contributed by atoms with Crippen LogP contribution in [0, 0.1) is 11.3 Å². The maximum Gasteiger partial charge on any atom is 0.237 e. The Kier molecular flexibility index (Phi) is 8.39. The number of amides is 3. The standard InChI is InChI=1S/C17H24N2O3.W/c1-5-14(17(2,3)4)16(22)19(11-20)13-8-6-12(7-9-13)10-15(18)21;/h6-9,11,14H,5,10H2,1-4H3,(H2,18,21);/p-1. The molecule has 0 aliphatic heterocycles. The number of carbonyl (C=O) groups excluding carboxylic acids is 3. The number of nitrogens with zero attached hydrogens (tertiary/aromatic N) is 1. The summed E-state index contributed by atoms with van der Waals surface area (Å²) in [5.74, 6) is -1.16. The van der Waals surface area contributed by atoms with Gasteiger partial charge in [-0.3, -0.25) is 14.5 Å². The van der Waals surface area contributed by atoms with E-state index in [1.165, 1.54) is 0 Å². The largest absolute Gasteiger partial charge is 0.667 e.